The van der Waals surface area contributed by atoms with Crippen LogP contribution in [-0.2, 0) is 6.18 Å². The molecule has 3 heterocycles. The van der Waals surface area contributed by atoms with E-state index in [1.165, 1.54) is 21.9 Å². The number of nitro benzene ring substituents is 1. The van der Waals surface area contributed by atoms with Gasteiger partial charge in [-0.25, -0.2) is 0 Å². The third kappa shape index (κ3) is 4.24. The van der Waals surface area contributed by atoms with Gasteiger partial charge in [0, 0.05) is 38.3 Å². The fourth-order valence-electron chi connectivity index (χ4n) is 6.00. The molecule has 9 nitrogen and oxygen atoms in total. The Morgan fingerprint density at radius 2 is 1.50 bits per heavy atom. The lowest BCUT2D eigenvalue weighted by Gasteiger charge is -2.42. The zero-order valence-electron chi connectivity index (χ0n) is 21.0. The van der Waals surface area contributed by atoms with Crippen LogP contribution in [0.5, 0.6) is 11.5 Å². The molecule has 3 aromatic carbocycles. The molecule has 3 aromatic rings. The normalized spacial score (nSPS) is 21.0. The number of carbonyl (C=O) groups is 2. The van der Waals surface area contributed by atoms with Crippen LogP contribution in [0.15, 0.2) is 66.7 Å². The Hall–Kier alpha value is -4.45. The van der Waals surface area contributed by atoms with Crippen LogP contribution in [0.2, 0.25) is 0 Å². The molecule has 0 aromatic heterocycles. The molecule has 0 bridgehead atoms. The SMILES string of the molecule is O=C1c2ccccc2C(=O)N1[C@@H]1CCN2CCN(c3c([N+](=O)[O-])ccc(Oc4ccccc4)c3C(F)(F)F)C[C@H]12. The number of anilines is 1. The molecule has 0 spiro atoms. The fourth-order valence-corrected chi connectivity index (χ4v) is 6.00. The number of fused-ring (bicyclic) bond motifs is 2. The van der Waals surface area contributed by atoms with Crippen LogP contribution in [0.1, 0.15) is 32.7 Å². The topological polar surface area (TPSA) is 96.2 Å². The number of ether oxygens (including phenoxy) is 1. The number of hydrogen-bond acceptors (Lipinski definition) is 7. The minimum atomic E-state index is -4.97. The predicted molar refractivity (Wildman–Crippen MR) is 138 cm³/mol. The molecule has 6 rings (SSSR count). The van der Waals surface area contributed by atoms with Crippen molar-refractivity contribution in [2.75, 3.05) is 31.1 Å². The first-order valence-electron chi connectivity index (χ1n) is 12.7. The van der Waals surface area contributed by atoms with Gasteiger partial charge in [0.25, 0.3) is 17.5 Å². The number of piperazine rings is 1. The summed E-state index contributed by atoms with van der Waals surface area (Å²) in [6.45, 7) is 0.894. The highest BCUT2D eigenvalue weighted by Gasteiger charge is 2.50. The Bertz CT molecular complexity index is 1480. The number of benzene rings is 3. The average Bonchev–Trinajstić information content (AvgIpc) is 3.45. The van der Waals surface area contributed by atoms with Crippen molar-refractivity contribution >= 4 is 23.2 Å². The lowest BCUT2D eigenvalue weighted by Crippen LogP contribution is -2.57. The number of amides is 2. The molecule has 2 atom stereocenters. The standard InChI is InChI=1S/C28H23F3N4O5/c29-28(30,31)24-23(40-17-6-2-1-3-7-17)11-10-21(35(38)39)25(24)33-15-14-32-13-12-20(22(32)16-33)34-26(36)18-8-4-5-9-19(18)27(34)37/h1-11,20,22H,12-16H2/t20-,22-/m1/s1. The highest BCUT2D eigenvalue weighted by Crippen LogP contribution is 2.49. The van der Waals surface area contributed by atoms with E-state index in [0.717, 1.165) is 12.1 Å². The van der Waals surface area contributed by atoms with Gasteiger partial charge in [-0.15, -0.1) is 0 Å². The second-order valence-electron chi connectivity index (χ2n) is 9.91. The first-order chi connectivity index (χ1) is 19.1. The quantitative estimate of drug-likeness (QED) is 0.251. The zero-order valence-corrected chi connectivity index (χ0v) is 21.0. The fraction of sp³-hybridized carbons (Fsp3) is 0.286. The van der Waals surface area contributed by atoms with E-state index in [2.05, 4.69) is 0 Å². The minimum Gasteiger partial charge on any atom is -0.457 e. The van der Waals surface area contributed by atoms with E-state index in [9.17, 15) is 32.9 Å². The van der Waals surface area contributed by atoms with Crippen molar-refractivity contribution in [1.82, 2.24) is 9.80 Å². The van der Waals surface area contributed by atoms with Crippen LogP contribution in [0.3, 0.4) is 0 Å². The number of carbonyl (C=O) groups excluding carboxylic acids is 2. The van der Waals surface area contributed by atoms with Crippen LogP contribution >= 0.6 is 0 Å². The molecule has 0 saturated carbocycles. The Kier molecular flexibility index (Phi) is 6.21. The number of para-hydroxylation sites is 1. The van der Waals surface area contributed by atoms with E-state index in [1.807, 2.05) is 4.90 Å². The van der Waals surface area contributed by atoms with E-state index in [-0.39, 0.29) is 18.8 Å². The molecule has 12 heteroatoms. The number of imide groups is 1. The van der Waals surface area contributed by atoms with Crippen molar-refractivity contribution < 1.29 is 32.4 Å². The van der Waals surface area contributed by atoms with Gasteiger partial charge in [-0.2, -0.15) is 13.2 Å². The summed E-state index contributed by atoms with van der Waals surface area (Å²) in [7, 11) is 0. The first kappa shape index (κ1) is 25.8. The van der Waals surface area contributed by atoms with E-state index < -0.39 is 57.7 Å². The van der Waals surface area contributed by atoms with Crippen LogP contribution in [0, 0.1) is 10.1 Å². The number of rotatable bonds is 5. The van der Waals surface area contributed by atoms with E-state index >= 15 is 0 Å². The van der Waals surface area contributed by atoms with Crippen LogP contribution in [0.4, 0.5) is 24.5 Å². The summed E-state index contributed by atoms with van der Waals surface area (Å²) in [4.78, 5) is 42.1. The average molecular weight is 553 g/mol. The smallest absolute Gasteiger partial charge is 0.422 e. The summed E-state index contributed by atoms with van der Waals surface area (Å²) in [5.41, 5.74) is -1.94. The van der Waals surface area contributed by atoms with Crippen molar-refractivity contribution in [1.29, 1.82) is 0 Å². The Balaban J connectivity index is 1.39. The molecule has 2 amide bonds. The maximum atomic E-state index is 14.6. The first-order valence-corrected chi connectivity index (χ1v) is 12.7. The van der Waals surface area contributed by atoms with Crippen molar-refractivity contribution in [2.45, 2.75) is 24.7 Å². The number of halogens is 3. The third-order valence-corrected chi connectivity index (χ3v) is 7.73. The molecular weight excluding hydrogens is 529 g/mol. The summed E-state index contributed by atoms with van der Waals surface area (Å²) in [6.07, 6.45) is -4.52. The van der Waals surface area contributed by atoms with Crippen molar-refractivity contribution in [3.63, 3.8) is 0 Å². The second-order valence-corrected chi connectivity index (χ2v) is 9.91. The summed E-state index contributed by atoms with van der Waals surface area (Å²) < 4.78 is 49.4. The number of hydrogen-bond donors (Lipinski definition) is 0. The molecule has 3 aliphatic rings. The molecule has 2 fully saturated rings. The molecule has 2 saturated heterocycles. The lowest BCUT2D eigenvalue weighted by atomic mass is 10.0. The molecule has 0 unspecified atom stereocenters. The molecule has 0 radical (unpaired) electrons. The molecule has 0 aliphatic carbocycles. The third-order valence-electron chi connectivity index (χ3n) is 7.73. The summed E-state index contributed by atoms with van der Waals surface area (Å²) in [6, 6.07) is 15.2. The van der Waals surface area contributed by atoms with Gasteiger partial charge in [-0.05, 0) is 36.8 Å². The zero-order chi connectivity index (χ0) is 28.2. The maximum Gasteiger partial charge on any atom is 0.422 e. The summed E-state index contributed by atoms with van der Waals surface area (Å²) >= 11 is 0. The van der Waals surface area contributed by atoms with Crippen molar-refractivity contribution in [2.24, 2.45) is 0 Å². The van der Waals surface area contributed by atoms with Crippen LogP contribution in [-0.4, -0.2) is 64.8 Å². The summed E-state index contributed by atoms with van der Waals surface area (Å²) in [5.74, 6) is -1.28. The number of nitro groups is 1. The molecule has 3 aliphatic heterocycles. The lowest BCUT2D eigenvalue weighted by molar-refractivity contribution is -0.384. The summed E-state index contributed by atoms with van der Waals surface area (Å²) in [5, 5.41) is 12.0. The van der Waals surface area contributed by atoms with Crippen LogP contribution < -0.4 is 9.64 Å². The van der Waals surface area contributed by atoms with Gasteiger partial charge < -0.3 is 9.64 Å². The Labute approximate surface area is 226 Å². The predicted octanol–water partition coefficient (Wildman–Crippen LogP) is 4.97. The van der Waals surface area contributed by atoms with E-state index in [1.54, 1.807) is 42.5 Å². The largest absolute Gasteiger partial charge is 0.457 e. The van der Waals surface area contributed by atoms with Gasteiger partial charge in [0.15, 0.2) is 0 Å². The number of alkyl halides is 3. The van der Waals surface area contributed by atoms with Crippen molar-refractivity contribution in [3.8, 4) is 11.5 Å². The number of nitrogens with zero attached hydrogens (tertiary/aromatic N) is 4. The molecule has 40 heavy (non-hydrogen) atoms. The van der Waals surface area contributed by atoms with Gasteiger partial charge in [0.1, 0.15) is 22.7 Å². The van der Waals surface area contributed by atoms with Gasteiger partial charge >= 0.3 is 6.18 Å². The maximum absolute atomic E-state index is 14.6. The van der Waals surface area contributed by atoms with E-state index in [0.29, 0.717) is 30.6 Å². The molecule has 206 valence electrons. The van der Waals surface area contributed by atoms with Gasteiger partial charge in [-0.1, -0.05) is 30.3 Å². The van der Waals surface area contributed by atoms with Gasteiger partial charge in [-0.3, -0.25) is 29.5 Å². The highest BCUT2D eigenvalue weighted by molar-refractivity contribution is 6.21. The van der Waals surface area contributed by atoms with Gasteiger partial charge in [0.2, 0.25) is 0 Å². The second kappa shape index (κ2) is 9.63. The van der Waals surface area contributed by atoms with Gasteiger partial charge in [0.05, 0.1) is 22.1 Å². The molecule has 0 N–H and O–H groups in total. The Morgan fingerprint density at radius 3 is 2.12 bits per heavy atom. The van der Waals surface area contributed by atoms with Crippen LogP contribution in [0.25, 0.3) is 0 Å². The monoisotopic (exact) mass is 552 g/mol. The Morgan fingerprint density at radius 1 is 0.850 bits per heavy atom. The minimum absolute atomic E-state index is 0.0449. The highest BCUT2D eigenvalue weighted by atomic mass is 19.4. The van der Waals surface area contributed by atoms with E-state index in [4.69, 9.17) is 4.74 Å². The van der Waals surface area contributed by atoms with Crippen molar-refractivity contribution in [3.05, 3.63) is 93.5 Å². The molecular formula is C28H23F3N4O5.